The second-order valence-corrected chi connectivity index (χ2v) is 9.95. The van der Waals surface area contributed by atoms with Crippen LogP contribution in [0.25, 0.3) is 0 Å². The van der Waals surface area contributed by atoms with E-state index in [1.54, 1.807) is 25.3 Å². The lowest BCUT2D eigenvalue weighted by Crippen LogP contribution is -2.33. The van der Waals surface area contributed by atoms with Crippen molar-refractivity contribution in [2.75, 3.05) is 34.3 Å². The molecule has 12 heteroatoms. The molecule has 2 aromatic rings. The molecular formula is C27H30N4O8. The number of amides is 4. The molecule has 1 saturated heterocycles. The lowest BCUT2D eigenvalue weighted by molar-refractivity contribution is -0.128. The number of rotatable bonds is 8. The Kier molecular flexibility index (Phi) is 6.55. The fourth-order valence-corrected chi connectivity index (χ4v) is 5.48. The molecule has 12 nitrogen and oxygen atoms in total. The van der Waals surface area contributed by atoms with Crippen LogP contribution in [0.5, 0.6) is 28.7 Å². The molecular weight excluding hydrogens is 508 g/mol. The van der Waals surface area contributed by atoms with Crippen LogP contribution in [0.4, 0.5) is 4.79 Å². The third-order valence-electron chi connectivity index (χ3n) is 7.48. The molecule has 0 aliphatic carbocycles. The lowest BCUT2D eigenvalue weighted by Gasteiger charge is -2.29. The quantitative estimate of drug-likeness (QED) is 0.482. The summed E-state index contributed by atoms with van der Waals surface area (Å²) >= 11 is 0. The van der Waals surface area contributed by atoms with E-state index >= 15 is 0 Å². The normalized spacial score (nSPS) is 19.2. The second-order valence-electron chi connectivity index (χ2n) is 9.95. The van der Waals surface area contributed by atoms with E-state index in [0.717, 1.165) is 40.1 Å². The van der Waals surface area contributed by atoms with Crippen LogP contribution >= 0.6 is 0 Å². The number of methoxy groups -OCH3 is 1. The summed E-state index contributed by atoms with van der Waals surface area (Å²) in [4.78, 5) is 41.6. The number of imide groups is 1. The third-order valence-corrected chi connectivity index (χ3v) is 7.48. The highest BCUT2D eigenvalue weighted by Crippen LogP contribution is 2.49. The smallest absolute Gasteiger partial charge is 0.325 e. The van der Waals surface area contributed by atoms with Gasteiger partial charge in [-0.3, -0.25) is 14.5 Å². The van der Waals surface area contributed by atoms with Crippen molar-refractivity contribution in [3.05, 3.63) is 40.5 Å². The summed E-state index contributed by atoms with van der Waals surface area (Å²) in [5.41, 5.74) is 3.78. The second kappa shape index (κ2) is 10.2. The van der Waals surface area contributed by atoms with E-state index in [-0.39, 0.29) is 51.3 Å². The molecule has 2 N–H and O–H groups in total. The van der Waals surface area contributed by atoms with Crippen LogP contribution in [0.3, 0.4) is 0 Å². The Hall–Kier alpha value is -4.19. The summed E-state index contributed by atoms with van der Waals surface area (Å²) in [7, 11) is 3.67. The monoisotopic (exact) mass is 538 g/mol. The summed E-state index contributed by atoms with van der Waals surface area (Å²) < 4.78 is 27.8. The van der Waals surface area contributed by atoms with E-state index < -0.39 is 12.1 Å². The summed E-state index contributed by atoms with van der Waals surface area (Å²) in [5.74, 6) is 2.48. The zero-order valence-electron chi connectivity index (χ0n) is 21.8. The molecule has 206 valence electrons. The first-order chi connectivity index (χ1) is 18.9. The lowest BCUT2D eigenvalue weighted by atomic mass is 9.92. The number of ether oxygens (including phenoxy) is 5. The fraction of sp³-hybridized carbons (Fsp3) is 0.444. The molecule has 2 aromatic carbocycles. The first kappa shape index (κ1) is 25.1. The van der Waals surface area contributed by atoms with Crippen LogP contribution in [0.1, 0.15) is 35.1 Å². The molecule has 39 heavy (non-hydrogen) atoms. The number of hydrogen-bond acceptors (Lipinski definition) is 9. The average Bonchev–Trinajstić information content (AvgIpc) is 3.66. The van der Waals surface area contributed by atoms with Crippen molar-refractivity contribution in [2.24, 2.45) is 0 Å². The Balaban J connectivity index is 1.07. The number of benzene rings is 2. The molecule has 1 atom stereocenters. The molecule has 1 fully saturated rings. The molecule has 0 saturated carbocycles. The molecule has 0 spiro atoms. The van der Waals surface area contributed by atoms with Gasteiger partial charge in [0.05, 0.1) is 13.7 Å². The molecule has 4 aliphatic rings. The van der Waals surface area contributed by atoms with Crippen molar-refractivity contribution in [1.29, 1.82) is 0 Å². The van der Waals surface area contributed by atoms with Crippen molar-refractivity contribution >= 4 is 17.8 Å². The number of carbonyl (C=O) groups is 3. The first-order valence-electron chi connectivity index (χ1n) is 12.9. The molecule has 0 aromatic heterocycles. The van der Waals surface area contributed by atoms with Gasteiger partial charge in [-0.25, -0.2) is 4.79 Å². The predicted octanol–water partition coefficient (Wildman–Crippen LogP) is 1.66. The highest BCUT2D eigenvalue weighted by molar-refractivity contribution is 6.04. The number of likely N-dealkylation sites (N-methyl/N-ethyl adjacent to an activating group) is 1. The molecule has 4 aliphatic heterocycles. The number of hydrogen-bond donors (Lipinski definition) is 2. The first-order valence-corrected chi connectivity index (χ1v) is 12.9. The highest BCUT2D eigenvalue weighted by atomic mass is 16.7. The van der Waals surface area contributed by atoms with Crippen molar-refractivity contribution in [3.63, 3.8) is 0 Å². The summed E-state index contributed by atoms with van der Waals surface area (Å²) in [6.07, 6.45) is 1.07. The maximum absolute atomic E-state index is 12.9. The maximum Gasteiger partial charge on any atom is 0.325 e. The standard InChI is InChI=1S/C27H30N4O8/c1-30-8-7-16-17(24-25(39-14-38-24)23(35-2)18(16)12-30)10-28-22(32)6-4-19-26(33)31(27(34)29-19)11-15-3-5-20-21(9-15)37-13-36-20/h3,5,9,19H,4,6-8,10-14H2,1-2H3,(H,28,32)(H,29,34)/t19-/m0/s1. The molecule has 6 rings (SSSR count). The van der Waals surface area contributed by atoms with Gasteiger partial charge in [-0.1, -0.05) is 6.07 Å². The van der Waals surface area contributed by atoms with E-state index in [9.17, 15) is 14.4 Å². The van der Waals surface area contributed by atoms with Gasteiger partial charge in [-0.15, -0.1) is 0 Å². The maximum atomic E-state index is 12.9. The largest absolute Gasteiger partial charge is 0.492 e. The zero-order valence-corrected chi connectivity index (χ0v) is 21.8. The van der Waals surface area contributed by atoms with Crippen LogP contribution in [-0.4, -0.2) is 68.0 Å². The summed E-state index contributed by atoms with van der Waals surface area (Å²) in [6, 6.07) is 4.05. The molecule has 0 bridgehead atoms. The predicted molar refractivity (Wildman–Crippen MR) is 136 cm³/mol. The zero-order chi connectivity index (χ0) is 27.1. The van der Waals surface area contributed by atoms with Crippen molar-refractivity contribution in [2.45, 2.75) is 44.9 Å². The summed E-state index contributed by atoms with van der Waals surface area (Å²) in [5, 5.41) is 5.65. The number of urea groups is 1. The molecule has 0 radical (unpaired) electrons. The number of carbonyl (C=O) groups excluding carboxylic acids is 3. The van der Waals surface area contributed by atoms with Crippen molar-refractivity contribution in [3.8, 4) is 28.7 Å². The highest BCUT2D eigenvalue weighted by Gasteiger charge is 2.38. The van der Waals surface area contributed by atoms with Crippen LogP contribution in [0.2, 0.25) is 0 Å². The Labute approximate surface area is 225 Å². The SMILES string of the molecule is COc1c2c(c(CNC(=O)CC[C@@H]3NC(=O)N(Cc4ccc5c(c4)OCO5)C3=O)c3c1OCO3)CCN(C)C2. The van der Waals surface area contributed by atoms with Crippen LogP contribution < -0.4 is 34.3 Å². The van der Waals surface area contributed by atoms with E-state index in [1.807, 2.05) is 7.05 Å². The minimum atomic E-state index is -0.762. The van der Waals surface area contributed by atoms with Gasteiger partial charge in [-0.2, -0.15) is 0 Å². The molecule has 4 heterocycles. The van der Waals surface area contributed by atoms with E-state index in [1.165, 1.54) is 0 Å². The van der Waals surface area contributed by atoms with Crippen molar-refractivity contribution < 1.29 is 38.1 Å². The van der Waals surface area contributed by atoms with Crippen molar-refractivity contribution in [1.82, 2.24) is 20.4 Å². The Morgan fingerprint density at radius 1 is 1.10 bits per heavy atom. The Morgan fingerprint density at radius 3 is 2.74 bits per heavy atom. The number of nitrogens with one attached hydrogen (secondary N) is 2. The van der Waals surface area contributed by atoms with Crippen LogP contribution in [0.15, 0.2) is 18.2 Å². The van der Waals surface area contributed by atoms with E-state index in [2.05, 4.69) is 15.5 Å². The van der Waals surface area contributed by atoms with Gasteiger partial charge in [0.1, 0.15) is 6.04 Å². The van der Waals surface area contributed by atoms with E-state index in [0.29, 0.717) is 35.3 Å². The van der Waals surface area contributed by atoms with Gasteiger partial charge in [0.15, 0.2) is 23.0 Å². The summed E-state index contributed by atoms with van der Waals surface area (Å²) in [6.45, 7) is 2.20. The van der Waals surface area contributed by atoms with Gasteiger partial charge in [0.2, 0.25) is 25.2 Å². The molecule has 0 unspecified atom stereocenters. The Bertz CT molecular complexity index is 1350. The minimum Gasteiger partial charge on any atom is -0.492 e. The molecule has 4 amide bonds. The van der Waals surface area contributed by atoms with Crippen LogP contribution in [0, 0.1) is 0 Å². The van der Waals surface area contributed by atoms with Gasteiger partial charge in [-0.05, 0) is 43.1 Å². The average molecular weight is 539 g/mol. The minimum absolute atomic E-state index is 0.0786. The Morgan fingerprint density at radius 2 is 1.90 bits per heavy atom. The van der Waals surface area contributed by atoms with Gasteiger partial charge in [0.25, 0.3) is 5.91 Å². The van der Waals surface area contributed by atoms with Crippen LogP contribution in [-0.2, 0) is 35.6 Å². The topological polar surface area (TPSA) is 128 Å². The fourth-order valence-electron chi connectivity index (χ4n) is 5.48. The number of nitrogens with zero attached hydrogens (tertiary/aromatic N) is 2. The van der Waals surface area contributed by atoms with Gasteiger partial charge in [0, 0.05) is 37.2 Å². The van der Waals surface area contributed by atoms with Gasteiger partial charge >= 0.3 is 6.03 Å². The van der Waals surface area contributed by atoms with E-state index in [4.69, 9.17) is 23.7 Å². The number of fused-ring (bicyclic) bond motifs is 3. The third kappa shape index (κ3) is 4.65. The van der Waals surface area contributed by atoms with Gasteiger partial charge < -0.3 is 39.2 Å².